The number of aromatic nitrogens is 1. The number of rotatable bonds is 2. The molecule has 0 radical (unpaired) electrons. The minimum Gasteiger partial charge on any atom is -0.507 e. The van der Waals surface area contributed by atoms with Gasteiger partial charge in [0.1, 0.15) is 10.6 Å². The van der Waals surface area contributed by atoms with Crippen LogP contribution < -0.4 is 10.2 Å². The number of carbonyl (C=O) groups is 1. The van der Waals surface area contributed by atoms with Crippen molar-refractivity contribution >= 4 is 33.7 Å². The van der Waals surface area contributed by atoms with Gasteiger partial charge in [0.05, 0.1) is 0 Å². The number of benzene rings is 2. The van der Waals surface area contributed by atoms with E-state index in [2.05, 4.69) is 10.3 Å². The Morgan fingerprint density at radius 2 is 1.90 bits per heavy atom. The first kappa shape index (κ1) is 13.4. The van der Waals surface area contributed by atoms with Gasteiger partial charge in [0.25, 0.3) is 5.91 Å². The van der Waals surface area contributed by atoms with Crippen LogP contribution in [0.2, 0.25) is 0 Å². The predicted molar refractivity (Wildman–Crippen MR) is 83.2 cm³/mol. The van der Waals surface area contributed by atoms with Crippen molar-refractivity contribution in [3.05, 3.63) is 56.6 Å². The van der Waals surface area contributed by atoms with Crippen molar-refractivity contribution in [2.45, 2.75) is 6.92 Å². The monoisotopic (exact) mass is 300 g/mol. The van der Waals surface area contributed by atoms with Gasteiger partial charge >= 0.3 is 4.87 Å². The van der Waals surface area contributed by atoms with Crippen LogP contribution in [0.4, 0.5) is 5.69 Å². The Bertz CT molecular complexity index is 895. The summed E-state index contributed by atoms with van der Waals surface area (Å²) in [5.41, 5.74) is 1.14. The third-order valence-electron chi connectivity index (χ3n) is 3.18. The molecule has 0 aliphatic heterocycles. The highest BCUT2D eigenvalue weighted by Crippen LogP contribution is 2.30. The van der Waals surface area contributed by atoms with Gasteiger partial charge in [0.15, 0.2) is 0 Å². The molecule has 0 unspecified atom stereocenters. The molecule has 0 saturated carbocycles. The first-order valence-electron chi connectivity index (χ1n) is 6.28. The lowest BCUT2D eigenvalue weighted by atomic mass is 10.1. The van der Waals surface area contributed by atoms with Gasteiger partial charge in [-0.25, -0.2) is 0 Å². The smallest absolute Gasteiger partial charge is 0.305 e. The molecule has 1 aromatic heterocycles. The Kier molecular flexibility index (Phi) is 3.23. The lowest BCUT2D eigenvalue weighted by Crippen LogP contribution is -2.11. The van der Waals surface area contributed by atoms with Crippen molar-refractivity contribution < 1.29 is 9.90 Å². The molecule has 2 aromatic carbocycles. The van der Waals surface area contributed by atoms with Crippen molar-refractivity contribution in [1.82, 2.24) is 4.98 Å². The molecule has 3 rings (SSSR count). The zero-order chi connectivity index (χ0) is 15.0. The molecule has 0 fully saturated rings. The van der Waals surface area contributed by atoms with Crippen molar-refractivity contribution in [3.8, 4) is 5.75 Å². The number of nitrogens with one attached hydrogen (secondary N) is 2. The molecule has 0 bridgehead atoms. The number of aromatic amines is 1. The Labute approximate surface area is 123 Å². The summed E-state index contributed by atoms with van der Waals surface area (Å²) in [5, 5.41) is 14.0. The molecule has 0 saturated heterocycles. The van der Waals surface area contributed by atoms with Crippen LogP contribution in [-0.2, 0) is 0 Å². The van der Waals surface area contributed by atoms with Crippen LogP contribution in [0.25, 0.3) is 10.8 Å². The third kappa shape index (κ3) is 2.41. The number of aryl methyl sites for hydroxylation is 1. The van der Waals surface area contributed by atoms with E-state index < -0.39 is 0 Å². The average molecular weight is 300 g/mol. The minimum absolute atomic E-state index is 0.158. The number of H-pyrrole nitrogens is 1. The van der Waals surface area contributed by atoms with E-state index in [4.69, 9.17) is 0 Å². The molecule has 0 spiro atoms. The van der Waals surface area contributed by atoms with Gasteiger partial charge in [-0.3, -0.25) is 9.59 Å². The summed E-state index contributed by atoms with van der Waals surface area (Å²) in [7, 11) is 0. The van der Waals surface area contributed by atoms with Crippen LogP contribution in [0.15, 0.2) is 41.2 Å². The summed E-state index contributed by atoms with van der Waals surface area (Å²) in [4.78, 5) is 26.2. The van der Waals surface area contributed by atoms with Crippen LogP contribution in [-0.4, -0.2) is 16.0 Å². The van der Waals surface area contributed by atoms with Gasteiger partial charge in [-0.2, -0.15) is 0 Å². The zero-order valence-corrected chi connectivity index (χ0v) is 12.0. The molecule has 21 heavy (non-hydrogen) atoms. The largest absolute Gasteiger partial charge is 0.507 e. The summed E-state index contributed by atoms with van der Waals surface area (Å²) >= 11 is 0.878. The van der Waals surface area contributed by atoms with Gasteiger partial charge in [-0.15, -0.1) is 0 Å². The standard InChI is InChI=1S/C15H12N2O3S/c1-8-13(21-15(20)16-8)14(19)17-11-6-2-5-10-9(11)4-3-7-12(10)18/h2-7,18H,1H3,(H,16,20)(H,17,19). The third-order valence-corrected chi connectivity index (χ3v) is 4.16. The van der Waals surface area contributed by atoms with Crippen LogP contribution in [0.3, 0.4) is 0 Å². The summed E-state index contributed by atoms with van der Waals surface area (Å²) in [6.07, 6.45) is 0. The second-order valence-electron chi connectivity index (χ2n) is 4.60. The molecule has 0 aliphatic rings. The van der Waals surface area contributed by atoms with E-state index >= 15 is 0 Å². The Balaban J connectivity index is 2.02. The fourth-order valence-electron chi connectivity index (χ4n) is 2.20. The van der Waals surface area contributed by atoms with E-state index in [0.29, 0.717) is 21.6 Å². The average Bonchev–Trinajstić information content (AvgIpc) is 2.79. The second-order valence-corrected chi connectivity index (χ2v) is 5.58. The van der Waals surface area contributed by atoms with Crippen molar-refractivity contribution in [2.24, 2.45) is 0 Å². The molecular formula is C15H12N2O3S. The fraction of sp³-hybridized carbons (Fsp3) is 0.0667. The van der Waals surface area contributed by atoms with Crippen molar-refractivity contribution in [1.29, 1.82) is 0 Å². The first-order valence-corrected chi connectivity index (χ1v) is 7.09. The lowest BCUT2D eigenvalue weighted by molar-refractivity contribution is 0.103. The molecule has 0 atom stereocenters. The highest BCUT2D eigenvalue weighted by atomic mass is 32.1. The summed E-state index contributed by atoms with van der Waals surface area (Å²) in [6.45, 7) is 1.68. The number of hydrogen-bond acceptors (Lipinski definition) is 4. The maximum absolute atomic E-state index is 12.3. The molecule has 5 nitrogen and oxygen atoms in total. The number of anilines is 1. The Hall–Kier alpha value is -2.60. The number of fused-ring (bicyclic) bond motifs is 1. The van der Waals surface area contributed by atoms with Gasteiger partial charge in [-0.05, 0) is 19.1 Å². The maximum Gasteiger partial charge on any atom is 0.305 e. The molecule has 106 valence electrons. The number of amides is 1. The van der Waals surface area contributed by atoms with E-state index in [1.54, 1.807) is 37.3 Å². The summed E-state index contributed by atoms with van der Waals surface area (Å²) in [6, 6.07) is 10.4. The van der Waals surface area contributed by atoms with Crippen molar-refractivity contribution in [3.63, 3.8) is 0 Å². The number of hydrogen-bond donors (Lipinski definition) is 3. The summed E-state index contributed by atoms with van der Waals surface area (Å²) in [5.74, 6) is -0.183. The van der Waals surface area contributed by atoms with Crippen LogP contribution in [0.5, 0.6) is 5.75 Å². The Morgan fingerprint density at radius 3 is 2.62 bits per heavy atom. The predicted octanol–water partition coefficient (Wildman–Crippen LogP) is 2.86. The van der Waals surface area contributed by atoms with Crippen LogP contribution in [0, 0.1) is 6.92 Å². The second kappa shape index (κ2) is 5.06. The SMILES string of the molecule is Cc1[nH]c(=O)sc1C(=O)Nc1cccc2c(O)cccc12. The molecule has 3 aromatic rings. The number of phenols is 1. The normalized spacial score (nSPS) is 10.7. The minimum atomic E-state index is -0.341. The molecule has 3 N–H and O–H groups in total. The molecule has 1 amide bonds. The molecular weight excluding hydrogens is 288 g/mol. The van der Waals surface area contributed by atoms with Gasteiger partial charge in [0, 0.05) is 22.2 Å². The molecule has 1 heterocycles. The maximum atomic E-state index is 12.3. The number of thiazole rings is 1. The van der Waals surface area contributed by atoms with E-state index in [-0.39, 0.29) is 16.5 Å². The van der Waals surface area contributed by atoms with Crippen LogP contribution in [0.1, 0.15) is 15.4 Å². The zero-order valence-electron chi connectivity index (χ0n) is 11.1. The highest BCUT2D eigenvalue weighted by molar-refractivity contribution is 7.11. The van der Waals surface area contributed by atoms with Crippen LogP contribution >= 0.6 is 11.3 Å². The van der Waals surface area contributed by atoms with Gasteiger partial charge in [0.2, 0.25) is 0 Å². The van der Waals surface area contributed by atoms with E-state index in [0.717, 1.165) is 16.7 Å². The molecule has 6 heteroatoms. The van der Waals surface area contributed by atoms with E-state index in [9.17, 15) is 14.7 Å². The van der Waals surface area contributed by atoms with E-state index in [1.165, 1.54) is 0 Å². The fourth-order valence-corrected chi connectivity index (χ4v) is 2.94. The van der Waals surface area contributed by atoms with Gasteiger partial charge < -0.3 is 15.4 Å². The lowest BCUT2D eigenvalue weighted by Gasteiger charge is -2.09. The highest BCUT2D eigenvalue weighted by Gasteiger charge is 2.14. The van der Waals surface area contributed by atoms with Crippen molar-refractivity contribution in [2.75, 3.05) is 5.32 Å². The quantitative estimate of drug-likeness (QED) is 0.680. The number of carbonyl (C=O) groups excluding carboxylic acids is 1. The number of aromatic hydroxyl groups is 1. The summed E-state index contributed by atoms with van der Waals surface area (Å²) < 4.78 is 0. The topological polar surface area (TPSA) is 82.2 Å². The molecule has 0 aliphatic carbocycles. The van der Waals surface area contributed by atoms with Gasteiger partial charge in [-0.1, -0.05) is 35.6 Å². The van der Waals surface area contributed by atoms with E-state index in [1.807, 2.05) is 6.07 Å². The Morgan fingerprint density at radius 1 is 1.19 bits per heavy atom. The number of phenolic OH excluding ortho intramolecular Hbond substituents is 1. The first-order chi connectivity index (χ1) is 10.1.